The van der Waals surface area contributed by atoms with Gasteiger partial charge in [-0.1, -0.05) is 29.8 Å². The fourth-order valence-corrected chi connectivity index (χ4v) is 2.24. The maximum Gasteiger partial charge on any atom is 0.195 e. The van der Waals surface area contributed by atoms with Crippen LogP contribution in [0.2, 0.25) is 0 Å². The van der Waals surface area contributed by atoms with Crippen molar-refractivity contribution in [1.29, 1.82) is 0 Å². The van der Waals surface area contributed by atoms with Crippen LogP contribution in [-0.2, 0) is 6.54 Å². The topological polar surface area (TPSA) is 54.9 Å². The summed E-state index contributed by atoms with van der Waals surface area (Å²) in [7, 11) is 4.98. The second-order valence-corrected chi connectivity index (χ2v) is 5.11. The van der Waals surface area contributed by atoms with Crippen molar-refractivity contribution in [3.63, 3.8) is 0 Å². The molecule has 5 nitrogen and oxygen atoms in total. The maximum atomic E-state index is 5.31. The summed E-state index contributed by atoms with van der Waals surface area (Å²) in [6.45, 7) is 2.79. The molecule has 0 aliphatic rings. The Morgan fingerprint density at radius 1 is 1.04 bits per heavy atom. The molecule has 0 aliphatic carbocycles. The summed E-state index contributed by atoms with van der Waals surface area (Å²) in [5.74, 6) is 2.06. The highest BCUT2D eigenvalue weighted by Crippen LogP contribution is 2.29. The number of aliphatic imine (C=N–C) groups is 1. The molecule has 0 bridgehead atoms. The number of hydrogen-bond acceptors (Lipinski definition) is 3. The maximum absolute atomic E-state index is 5.31. The summed E-state index contributed by atoms with van der Waals surface area (Å²) in [5.41, 5.74) is 3.33. The van der Waals surface area contributed by atoms with Crippen molar-refractivity contribution in [2.24, 2.45) is 4.99 Å². The summed E-state index contributed by atoms with van der Waals surface area (Å²) >= 11 is 0. The molecule has 0 spiro atoms. The fourth-order valence-electron chi connectivity index (χ4n) is 2.24. The lowest BCUT2D eigenvalue weighted by molar-refractivity contribution is 0.355. The van der Waals surface area contributed by atoms with Gasteiger partial charge in [-0.2, -0.15) is 0 Å². The van der Waals surface area contributed by atoms with Gasteiger partial charge in [-0.05, 0) is 24.6 Å². The normalized spacial score (nSPS) is 10.6. The molecule has 0 aliphatic heterocycles. The number of guanidine groups is 1. The average Bonchev–Trinajstić information content (AvgIpc) is 2.58. The van der Waals surface area contributed by atoms with E-state index < -0.39 is 0 Å². The number of benzene rings is 2. The van der Waals surface area contributed by atoms with Crippen molar-refractivity contribution in [3.05, 3.63) is 53.6 Å². The van der Waals surface area contributed by atoms with Crippen LogP contribution in [-0.4, -0.2) is 27.2 Å². The molecule has 0 aromatic heterocycles. The van der Waals surface area contributed by atoms with Crippen LogP contribution >= 0.6 is 24.0 Å². The Hall–Kier alpha value is -1.96. The number of rotatable bonds is 5. The van der Waals surface area contributed by atoms with Gasteiger partial charge in [0, 0.05) is 25.3 Å². The van der Waals surface area contributed by atoms with Crippen molar-refractivity contribution in [1.82, 2.24) is 5.32 Å². The van der Waals surface area contributed by atoms with Gasteiger partial charge in [-0.15, -0.1) is 24.0 Å². The Bertz CT molecular complexity index is 690. The molecule has 0 saturated carbocycles. The van der Waals surface area contributed by atoms with Gasteiger partial charge in [0.1, 0.15) is 0 Å². The summed E-state index contributed by atoms with van der Waals surface area (Å²) in [5, 5.41) is 6.54. The van der Waals surface area contributed by atoms with E-state index in [1.165, 1.54) is 11.1 Å². The minimum Gasteiger partial charge on any atom is -0.493 e. The van der Waals surface area contributed by atoms with E-state index >= 15 is 0 Å². The van der Waals surface area contributed by atoms with E-state index in [1.54, 1.807) is 21.3 Å². The molecular weight excluding hydrogens is 417 g/mol. The number of nitrogens with one attached hydrogen (secondary N) is 2. The predicted molar refractivity (Wildman–Crippen MR) is 110 cm³/mol. The molecule has 0 unspecified atom stereocenters. The third kappa shape index (κ3) is 5.59. The quantitative estimate of drug-likeness (QED) is 0.421. The number of ether oxygens (including phenoxy) is 2. The van der Waals surface area contributed by atoms with Crippen LogP contribution < -0.4 is 20.1 Å². The van der Waals surface area contributed by atoms with Crippen molar-refractivity contribution in [3.8, 4) is 11.5 Å². The molecule has 6 heteroatoms. The minimum atomic E-state index is 0. The second kappa shape index (κ2) is 10.0. The van der Waals surface area contributed by atoms with Gasteiger partial charge in [0.2, 0.25) is 0 Å². The third-order valence-electron chi connectivity index (χ3n) is 3.41. The minimum absolute atomic E-state index is 0. The van der Waals surface area contributed by atoms with Gasteiger partial charge in [0.25, 0.3) is 0 Å². The monoisotopic (exact) mass is 441 g/mol. The van der Waals surface area contributed by atoms with E-state index in [0.717, 1.165) is 5.69 Å². The predicted octanol–water partition coefficient (Wildman–Crippen LogP) is 3.82. The molecule has 0 radical (unpaired) electrons. The highest BCUT2D eigenvalue weighted by molar-refractivity contribution is 14.0. The molecule has 0 fully saturated rings. The molecule has 2 rings (SSSR count). The van der Waals surface area contributed by atoms with Crippen LogP contribution in [0.15, 0.2) is 47.5 Å². The molecule has 0 saturated heterocycles. The number of nitrogens with zero attached hydrogens (tertiary/aromatic N) is 1. The molecule has 0 amide bonds. The Labute approximate surface area is 160 Å². The highest BCUT2D eigenvalue weighted by atomic mass is 127. The Balaban J connectivity index is 0.00000288. The number of methoxy groups -OCH3 is 2. The lowest BCUT2D eigenvalue weighted by Gasteiger charge is -2.14. The molecule has 2 N–H and O–H groups in total. The first-order valence-corrected chi connectivity index (χ1v) is 7.41. The zero-order valence-electron chi connectivity index (χ0n) is 14.4. The Morgan fingerprint density at radius 3 is 2.42 bits per heavy atom. The molecule has 2 aromatic carbocycles. The van der Waals surface area contributed by atoms with Crippen molar-refractivity contribution < 1.29 is 9.47 Å². The summed E-state index contributed by atoms with van der Waals surface area (Å²) in [4.78, 5) is 4.24. The van der Waals surface area contributed by atoms with Gasteiger partial charge in [0.05, 0.1) is 14.2 Å². The zero-order valence-corrected chi connectivity index (χ0v) is 16.8. The number of anilines is 1. The SMILES string of the molecule is CN=C(NCc1cccc(C)c1)Nc1ccc(OC)c(OC)c1.I. The third-order valence-corrected chi connectivity index (χ3v) is 3.41. The van der Waals surface area contributed by atoms with Gasteiger partial charge < -0.3 is 20.1 Å². The van der Waals surface area contributed by atoms with Gasteiger partial charge in [-0.3, -0.25) is 4.99 Å². The summed E-state index contributed by atoms with van der Waals surface area (Å²) in [6, 6.07) is 14.0. The molecule has 0 atom stereocenters. The van der Waals surface area contributed by atoms with Crippen LogP contribution in [0.3, 0.4) is 0 Å². The van der Waals surface area contributed by atoms with Gasteiger partial charge in [-0.25, -0.2) is 0 Å². The molecule has 130 valence electrons. The molecular formula is C18H24IN3O2. The van der Waals surface area contributed by atoms with Crippen molar-refractivity contribution >= 4 is 35.6 Å². The first-order valence-electron chi connectivity index (χ1n) is 7.41. The van der Waals surface area contributed by atoms with E-state index in [0.29, 0.717) is 24.0 Å². The van der Waals surface area contributed by atoms with Crippen LogP contribution in [0.5, 0.6) is 11.5 Å². The molecule has 24 heavy (non-hydrogen) atoms. The van der Waals surface area contributed by atoms with Crippen LogP contribution in [0.4, 0.5) is 5.69 Å². The van der Waals surface area contributed by atoms with Gasteiger partial charge >= 0.3 is 0 Å². The fraction of sp³-hybridized carbons (Fsp3) is 0.278. The van der Waals surface area contributed by atoms with Crippen LogP contribution in [0, 0.1) is 6.92 Å². The van der Waals surface area contributed by atoms with Crippen molar-refractivity contribution in [2.75, 3.05) is 26.6 Å². The number of hydrogen-bond donors (Lipinski definition) is 2. The zero-order chi connectivity index (χ0) is 16.7. The smallest absolute Gasteiger partial charge is 0.195 e. The first-order chi connectivity index (χ1) is 11.2. The van der Waals surface area contributed by atoms with E-state index in [9.17, 15) is 0 Å². The summed E-state index contributed by atoms with van der Waals surface area (Å²) in [6.07, 6.45) is 0. The number of aryl methyl sites for hydroxylation is 1. The highest BCUT2D eigenvalue weighted by Gasteiger charge is 2.06. The molecule has 0 heterocycles. The Kier molecular flexibility index (Phi) is 8.39. The molecule has 2 aromatic rings. The van der Waals surface area contributed by atoms with E-state index in [4.69, 9.17) is 9.47 Å². The Morgan fingerprint density at radius 2 is 1.79 bits per heavy atom. The lowest BCUT2D eigenvalue weighted by Crippen LogP contribution is -2.30. The lowest BCUT2D eigenvalue weighted by atomic mass is 10.1. The van der Waals surface area contributed by atoms with E-state index in [-0.39, 0.29) is 24.0 Å². The second-order valence-electron chi connectivity index (χ2n) is 5.11. The largest absolute Gasteiger partial charge is 0.493 e. The number of halogens is 1. The van der Waals surface area contributed by atoms with E-state index in [1.807, 2.05) is 18.2 Å². The van der Waals surface area contributed by atoms with E-state index in [2.05, 4.69) is 46.8 Å². The van der Waals surface area contributed by atoms with Gasteiger partial charge in [0.15, 0.2) is 17.5 Å². The van der Waals surface area contributed by atoms with Crippen molar-refractivity contribution in [2.45, 2.75) is 13.5 Å². The first kappa shape index (κ1) is 20.1. The van der Waals surface area contributed by atoms with Crippen LogP contribution in [0.1, 0.15) is 11.1 Å². The average molecular weight is 441 g/mol. The van der Waals surface area contributed by atoms with Crippen LogP contribution in [0.25, 0.3) is 0 Å². The standard InChI is InChI=1S/C18H23N3O2.HI/c1-13-6-5-7-14(10-13)12-20-18(19-2)21-15-8-9-16(22-3)17(11-15)23-4;/h5-11H,12H2,1-4H3,(H2,19,20,21);1H. The summed E-state index contributed by atoms with van der Waals surface area (Å²) < 4.78 is 10.5.